The van der Waals surface area contributed by atoms with Gasteiger partial charge in [0.1, 0.15) is 17.8 Å². The molecular formula is C31H42O8. The number of aliphatic hydroxyl groups excluding tert-OH is 2. The molecule has 214 valence electrons. The number of esters is 2. The molecular weight excluding hydrogens is 500 g/mol. The molecule has 0 radical (unpaired) electrons. The summed E-state index contributed by atoms with van der Waals surface area (Å²) in [6, 6.07) is 8.63. The first-order valence-corrected chi connectivity index (χ1v) is 13.9. The molecule has 8 heteroatoms. The summed E-state index contributed by atoms with van der Waals surface area (Å²) >= 11 is 0. The van der Waals surface area contributed by atoms with Gasteiger partial charge in [0.2, 0.25) is 0 Å². The van der Waals surface area contributed by atoms with E-state index >= 15 is 0 Å². The number of benzene rings is 1. The van der Waals surface area contributed by atoms with E-state index < -0.39 is 64.1 Å². The lowest BCUT2D eigenvalue weighted by Gasteiger charge is -2.69. The number of hydrogen-bond acceptors (Lipinski definition) is 8. The van der Waals surface area contributed by atoms with Crippen molar-refractivity contribution in [2.24, 2.45) is 28.1 Å². The lowest BCUT2D eigenvalue weighted by atomic mass is 9.42. The van der Waals surface area contributed by atoms with Gasteiger partial charge in [-0.3, -0.25) is 4.79 Å². The fourth-order valence-corrected chi connectivity index (χ4v) is 8.42. The van der Waals surface area contributed by atoms with Gasteiger partial charge in [-0.1, -0.05) is 58.4 Å². The highest BCUT2D eigenvalue weighted by Gasteiger charge is 2.75. The average Bonchev–Trinajstić information content (AvgIpc) is 2.87. The van der Waals surface area contributed by atoms with Crippen LogP contribution in [0.5, 0.6) is 0 Å². The number of allylic oxidation sites excluding steroid dienone is 1. The van der Waals surface area contributed by atoms with Crippen molar-refractivity contribution in [3.05, 3.63) is 47.0 Å². The number of ether oxygens (including phenoxy) is 3. The highest BCUT2D eigenvalue weighted by atomic mass is 16.6. The van der Waals surface area contributed by atoms with Gasteiger partial charge in [0, 0.05) is 35.5 Å². The lowest BCUT2D eigenvalue weighted by Crippen LogP contribution is -2.78. The van der Waals surface area contributed by atoms with E-state index in [4.69, 9.17) is 14.2 Å². The second-order valence-corrected chi connectivity index (χ2v) is 13.3. The Morgan fingerprint density at radius 1 is 1.05 bits per heavy atom. The molecule has 5 rings (SSSR count). The van der Waals surface area contributed by atoms with Crippen molar-refractivity contribution < 1.29 is 39.1 Å². The molecule has 3 fully saturated rings. The zero-order chi connectivity index (χ0) is 28.7. The van der Waals surface area contributed by atoms with Crippen LogP contribution in [0.25, 0.3) is 0 Å². The summed E-state index contributed by atoms with van der Waals surface area (Å²) in [6.07, 6.45) is -4.40. The van der Waals surface area contributed by atoms with Gasteiger partial charge >= 0.3 is 11.9 Å². The molecule has 10 atom stereocenters. The van der Waals surface area contributed by atoms with Crippen molar-refractivity contribution in [1.82, 2.24) is 0 Å². The van der Waals surface area contributed by atoms with E-state index in [1.807, 2.05) is 40.7 Å². The van der Waals surface area contributed by atoms with E-state index in [2.05, 4.69) is 0 Å². The monoisotopic (exact) mass is 542 g/mol. The van der Waals surface area contributed by atoms with Crippen LogP contribution < -0.4 is 0 Å². The number of rotatable bonds is 3. The maximum absolute atomic E-state index is 13.7. The van der Waals surface area contributed by atoms with Crippen LogP contribution in [0.15, 0.2) is 41.5 Å². The number of hydrogen-bond donors (Lipinski definition) is 3. The molecule has 0 spiro atoms. The summed E-state index contributed by atoms with van der Waals surface area (Å²) in [4.78, 5) is 26.1. The molecule has 3 aliphatic carbocycles. The normalized spacial score (nSPS) is 44.6. The Kier molecular flexibility index (Phi) is 6.62. The van der Waals surface area contributed by atoms with Crippen molar-refractivity contribution in [3.63, 3.8) is 0 Å². The number of fused-ring (bicyclic) bond motifs is 5. The highest BCUT2D eigenvalue weighted by molar-refractivity contribution is 5.89. The van der Waals surface area contributed by atoms with Crippen LogP contribution in [0.4, 0.5) is 0 Å². The van der Waals surface area contributed by atoms with Crippen molar-refractivity contribution in [1.29, 1.82) is 0 Å². The quantitative estimate of drug-likeness (QED) is 0.392. The van der Waals surface area contributed by atoms with E-state index in [0.717, 1.165) is 5.57 Å². The van der Waals surface area contributed by atoms with Crippen LogP contribution in [0.3, 0.4) is 0 Å². The predicted octanol–water partition coefficient (Wildman–Crippen LogP) is 3.42. The third-order valence-corrected chi connectivity index (χ3v) is 10.9. The zero-order valence-electron chi connectivity index (χ0n) is 23.9. The van der Waals surface area contributed by atoms with Crippen molar-refractivity contribution in [2.45, 2.75) is 97.4 Å². The maximum atomic E-state index is 13.7. The van der Waals surface area contributed by atoms with E-state index in [0.29, 0.717) is 17.7 Å². The molecule has 1 aliphatic heterocycles. The van der Waals surface area contributed by atoms with Crippen LogP contribution in [0.2, 0.25) is 0 Å². The van der Waals surface area contributed by atoms with E-state index in [9.17, 15) is 24.9 Å². The van der Waals surface area contributed by atoms with Crippen LogP contribution in [-0.2, 0) is 19.0 Å². The minimum Gasteiger partial charge on any atom is -0.455 e. The van der Waals surface area contributed by atoms with Gasteiger partial charge in [-0.05, 0) is 37.0 Å². The summed E-state index contributed by atoms with van der Waals surface area (Å²) in [5.41, 5.74) is -2.75. The van der Waals surface area contributed by atoms with Crippen molar-refractivity contribution in [2.75, 3.05) is 6.61 Å². The SMILES string of the molecule is CC(=O)O[C@@H]1C2=C(C)[C@@H](C)C[C@@](O)([C@@H](OC(=O)c3ccccc3)[C@@H]3[C@]4(C)CO[C@@H]4C[C@H](O)[C@@]3(C)[C@H]1O)C2(C)C. The molecule has 39 heavy (non-hydrogen) atoms. The molecule has 8 nitrogen and oxygen atoms in total. The van der Waals surface area contributed by atoms with E-state index in [1.54, 1.807) is 31.2 Å². The fourth-order valence-electron chi connectivity index (χ4n) is 8.42. The summed E-state index contributed by atoms with van der Waals surface area (Å²) in [7, 11) is 0. The Morgan fingerprint density at radius 2 is 1.69 bits per heavy atom. The Bertz CT molecular complexity index is 1190. The number of carbonyl (C=O) groups is 2. The second kappa shape index (κ2) is 9.13. The zero-order valence-corrected chi connectivity index (χ0v) is 23.9. The summed E-state index contributed by atoms with van der Waals surface area (Å²) in [5, 5.41) is 36.9. The Labute approximate surface area is 230 Å². The van der Waals surface area contributed by atoms with Crippen molar-refractivity contribution in [3.8, 4) is 0 Å². The topological polar surface area (TPSA) is 123 Å². The van der Waals surface area contributed by atoms with Gasteiger partial charge in [0.15, 0.2) is 6.10 Å². The molecule has 1 heterocycles. The molecule has 3 N–H and O–H groups in total. The van der Waals surface area contributed by atoms with Crippen molar-refractivity contribution >= 4 is 11.9 Å². The Morgan fingerprint density at radius 3 is 2.26 bits per heavy atom. The third kappa shape index (κ3) is 3.78. The molecule has 1 saturated heterocycles. The average molecular weight is 543 g/mol. The standard InChI is InChI=1S/C31H42O8/c1-16-14-31(36)26(39-27(35)19-11-9-8-10-12-19)24-29(6)15-37-21(29)13-20(33)30(24,7)25(34)23(38-18(3)32)22(17(16)2)28(31,4)5/h8-12,16,20-21,23-26,33-34,36H,13-15H2,1-7H3/t16-,20-,21+,23+,24+,25-,26-,29+,30+,31+/m0/s1. The van der Waals surface area contributed by atoms with Crippen LogP contribution in [0.1, 0.15) is 71.7 Å². The first kappa shape index (κ1) is 28.3. The first-order chi connectivity index (χ1) is 18.1. The molecule has 4 aliphatic rings. The molecule has 2 bridgehead atoms. The largest absolute Gasteiger partial charge is 0.455 e. The summed E-state index contributed by atoms with van der Waals surface area (Å²) in [6.45, 7) is 13.0. The first-order valence-electron chi connectivity index (χ1n) is 13.9. The third-order valence-electron chi connectivity index (χ3n) is 10.9. The van der Waals surface area contributed by atoms with Crippen LogP contribution >= 0.6 is 0 Å². The smallest absolute Gasteiger partial charge is 0.338 e. The van der Waals surface area contributed by atoms with Gasteiger partial charge in [-0.15, -0.1) is 0 Å². The lowest BCUT2D eigenvalue weighted by molar-refractivity contribution is -0.338. The van der Waals surface area contributed by atoms with Crippen LogP contribution in [-0.4, -0.2) is 70.0 Å². The maximum Gasteiger partial charge on any atom is 0.338 e. The predicted molar refractivity (Wildman–Crippen MR) is 142 cm³/mol. The number of aliphatic hydroxyl groups is 3. The molecule has 1 aromatic rings. The van der Waals surface area contributed by atoms with Gasteiger partial charge in [0.05, 0.1) is 24.4 Å². The summed E-state index contributed by atoms with van der Waals surface area (Å²) < 4.78 is 18.2. The highest BCUT2D eigenvalue weighted by Crippen LogP contribution is 2.67. The fraction of sp³-hybridized carbons (Fsp3) is 0.677. The van der Waals surface area contributed by atoms with Gasteiger partial charge < -0.3 is 29.5 Å². The summed E-state index contributed by atoms with van der Waals surface area (Å²) in [5.74, 6) is -2.02. The second-order valence-electron chi connectivity index (χ2n) is 13.3. The molecule has 0 amide bonds. The number of carbonyl (C=O) groups excluding carboxylic acids is 2. The molecule has 0 unspecified atom stereocenters. The molecule has 0 aromatic heterocycles. The molecule has 1 aromatic carbocycles. The van der Waals surface area contributed by atoms with Gasteiger partial charge in [-0.25, -0.2) is 4.79 Å². The van der Waals surface area contributed by atoms with Crippen LogP contribution in [0, 0.1) is 28.1 Å². The van der Waals surface area contributed by atoms with Gasteiger partial charge in [-0.2, -0.15) is 0 Å². The minimum atomic E-state index is -1.61. The Hall–Kier alpha value is -2.26. The van der Waals surface area contributed by atoms with Gasteiger partial charge in [0.25, 0.3) is 0 Å². The molecule has 2 saturated carbocycles. The minimum absolute atomic E-state index is 0.152. The van der Waals surface area contributed by atoms with E-state index in [1.165, 1.54) is 6.92 Å². The Balaban J connectivity index is 1.79. The van der Waals surface area contributed by atoms with E-state index in [-0.39, 0.29) is 24.9 Å².